The molecule has 5 nitrogen and oxygen atoms in total. The minimum atomic E-state index is -2.57. The molecule has 1 heterocycles. The second-order valence-electron chi connectivity index (χ2n) is 3.22. The molecule has 0 aromatic heterocycles. The van der Waals surface area contributed by atoms with Crippen LogP contribution in [0.2, 0.25) is 0 Å². The highest BCUT2D eigenvalue weighted by Gasteiger charge is 2.40. The van der Waals surface area contributed by atoms with E-state index in [1.54, 1.807) is 11.9 Å². The first-order chi connectivity index (χ1) is 6.95. The Balaban J connectivity index is 0. The third kappa shape index (κ3) is 4.77. The molecule has 0 bridgehead atoms. The second-order valence-corrected chi connectivity index (χ2v) is 3.22. The molecular weight excluding hydrogens is 229 g/mol. The molecule has 0 aromatic rings. The fraction of sp³-hybridized carbons (Fsp3) is 0.875. The number of carbonyl (C=O) groups is 1. The van der Waals surface area contributed by atoms with Gasteiger partial charge in [0.05, 0.1) is 5.92 Å². The molecule has 0 aliphatic carbocycles. The van der Waals surface area contributed by atoms with Crippen LogP contribution in [0.3, 0.4) is 0 Å². The van der Waals surface area contributed by atoms with Gasteiger partial charge in [-0.1, -0.05) is 0 Å². The Hall–Kier alpha value is -0.860. The maximum absolute atomic E-state index is 10.8. The SMILES string of the molecule is CC1C(CN)C(=O)N1C.F.OOCC(F)F. The molecule has 3 N–H and O–H groups in total. The van der Waals surface area contributed by atoms with Crippen molar-refractivity contribution in [2.24, 2.45) is 11.7 Å². The fourth-order valence-corrected chi connectivity index (χ4v) is 1.21. The fourth-order valence-electron chi connectivity index (χ4n) is 1.21. The predicted octanol–water partition coefficient (Wildman–Crippen LogP) is 0.315. The van der Waals surface area contributed by atoms with Gasteiger partial charge in [0.25, 0.3) is 6.43 Å². The van der Waals surface area contributed by atoms with Crippen molar-refractivity contribution in [2.75, 3.05) is 20.2 Å². The van der Waals surface area contributed by atoms with Crippen molar-refractivity contribution in [1.29, 1.82) is 0 Å². The van der Waals surface area contributed by atoms with Crippen molar-refractivity contribution >= 4 is 5.91 Å². The first kappa shape index (κ1) is 17.5. The quantitative estimate of drug-likeness (QED) is 0.427. The molecule has 2 atom stereocenters. The number of nitrogens with zero attached hydrogens (tertiary/aromatic N) is 1. The van der Waals surface area contributed by atoms with E-state index in [0.717, 1.165) is 0 Å². The van der Waals surface area contributed by atoms with Gasteiger partial charge >= 0.3 is 0 Å². The van der Waals surface area contributed by atoms with Gasteiger partial charge in [0.1, 0.15) is 6.61 Å². The summed E-state index contributed by atoms with van der Waals surface area (Å²) in [6, 6.07) is 0.350. The monoisotopic (exact) mass is 246 g/mol. The van der Waals surface area contributed by atoms with Crippen LogP contribution in [-0.2, 0) is 9.68 Å². The Morgan fingerprint density at radius 3 is 2.25 bits per heavy atom. The molecule has 8 heteroatoms. The molecule has 1 rings (SSSR count). The molecule has 1 saturated heterocycles. The van der Waals surface area contributed by atoms with E-state index in [9.17, 15) is 13.6 Å². The summed E-state index contributed by atoms with van der Waals surface area (Å²) in [5, 5.41) is 7.26. The lowest BCUT2D eigenvalue weighted by atomic mass is 9.90. The number of nitrogens with two attached hydrogens (primary N) is 1. The zero-order valence-electron chi connectivity index (χ0n) is 9.10. The minimum Gasteiger partial charge on any atom is -0.342 e. The van der Waals surface area contributed by atoms with Gasteiger partial charge in [0, 0.05) is 19.6 Å². The summed E-state index contributed by atoms with van der Waals surface area (Å²) in [4.78, 5) is 15.6. The highest BCUT2D eigenvalue weighted by atomic mass is 19.3. The Morgan fingerprint density at radius 2 is 2.12 bits per heavy atom. The van der Waals surface area contributed by atoms with Crippen LogP contribution in [0.1, 0.15) is 6.92 Å². The van der Waals surface area contributed by atoms with E-state index in [1.807, 2.05) is 6.92 Å². The summed E-state index contributed by atoms with van der Waals surface area (Å²) >= 11 is 0. The number of halogens is 3. The van der Waals surface area contributed by atoms with Gasteiger partial charge in [-0.15, -0.1) is 0 Å². The van der Waals surface area contributed by atoms with Crippen molar-refractivity contribution in [3.63, 3.8) is 0 Å². The number of amides is 1. The number of carbonyl (C=O) groups excluding carboxylic acids is 1. The maximum atomic E-state index is 10.8. The van der Waals surface area contributed by atoms with Crippen LogP contribution in [0, 0.1) is 5.92 Å². The van der Waals surface area contributed by atoms with Crippen LogP contribution >= 0.6 is 0 Å². The van der Waals surface area contributed by atoms with Crippen molar-refractivity contribution in [3.8, 4) is 0 Å². The summed E-state index contributed by atoms with van der Waals surface area (Å²) in [6.45, 7) is 1.60. The van der Waals surface area contributed by atoms with E-state index < -0.39 is 13.0 Å². The zero-order chi connectivity index (χ0) is 12.0. The molecule has 1 aliphatic rings. The van der Waals surface area contributed by atoms with Gasteiger partial charge in [0.2, 0.25) is 5.91 Å². The molecule has 0 radical (unpaired) electrons. The topological polar surface area (TPSA) is 75.8 Å². The molecule has 2 unspecified atom stereocenters. The number of β-lactam (4-membered cyclic amide) rings is 1. The van der Waals surface area contributed by atoms with E-state index in [-0.39, 0.29) is 16.5 Å². The van der Waals surface area contributed by atoms with E-state index in [2.05, 4.69) is 4.89 Å². The van der Waals surface area contributed by atoms with Crippen molar-refractivity contribution in [3.05, 3.63) is 0 Å². The van der Waals surface area contributed by atoms with Crippen LogP contribution in [0.4, 0.5) is 13.5 Å². The van der Waals surface area contributed by atoms with Gasteiger partial charge in [-0.05, 0) is 6.92 Å². The van der Waals surface area contributed by atoms with Gasteiger partial charge < -0.3 is 10.6 Å². The van der Waals surface area contributed by atoms with Crippen molar-refractivity contribution in [1.82, 2.24) is 4.90 Å². The molecule has 98 valence electrons. The van der Waals surface area contributed by atoms with Crippen LogP contribution in [0.15, 0.2) is 0 Å². The van der Waals surface area contributed by atoms with Crippen LogP contribution in [-0.4, -0.2) is 48.7 Å². The third-order valence-electron chi connectivity index (χ3n) is 2.31. The second kappa shape index (κ2) is 8.31. The lowest BCUT2D eigenvalue weighted by Gasteiger charge is -2.42. The number of alkyl halides is 2. The average molecular weight is 246 g/mol. The largest absolute Gasteiger partial charge is 0.342 e. The Kier molecular flexibility index (Phi) is 9.11. The van der Waals surface area contributed by atoms with E-state index in [1.165, 1.54) is 0 Å². The molecule has 1 aliphatic heterocycles. The minimum absolute atomic E-state index is 0. The van der Waals surface area contributed by atoms with Gasteiger partial charge in [-0.3, -0.25) is 14.8 Å². The summed E-state index contributed by atoms with van der Waals surface area (Å²) < 4.78 is 21.5. The summed E-state index contributed by atoms with van der Waals surface area (Å²) in [7, 11) is 1.80. The van der Waals surface area contributed by atoms with Gasteiger partial charge in [0.15, 0.2) is 0 Å². The average Bonchev–Trinajstić information content (AvgIpc) is 2.19. The lowest BCUT2D eigenvalue weighted by molar-refractivity contribution is -0.260. The van der Waals surface area contributed by atoms with Crippen LogP contribution < -0.4 is 5.73 Å². The predicted molar refractivity (Wildman–Crippen MR) is 51.9 cm³/mol. The zero-order valence-corrected chi connectivity index (χ0v) is 9.10. The lowest BCUT2D eigenvalue weighted by Crippen LogP contribution is -2.59. The molecule has 1 amide bonds. The smallest absolute Gasteiger partial charge is 0.264 e. The number of hydrogen-bond donors (Lipinski definition) is 2. The number of likely N-dealkylation sites (tertiary alicyclic amines) is 1. The van der Waals surface area contributed by atoms with E-state index >= 15 is 0 Å². The maximum Gasteiger partial charge on any atom is 0.264 e. The first-order valence-electron chi connectivity index (χ1n) is 4.46. The first-order valence-corrected chi connectivity index (χ1v) is 4.46. The Bertz CT molecular complexity index is 207. The van der Waals surface area contributed by atoms with Crippen molar-refractivity contribution in [2.45, 2.75) is 19.4 Å². The highest BCUT2D eigenvalue weighted by Crippen LogP contribution is 2.22. The van der Waals surface area contributed by atoms with Gasteiger partial charge in [-0.2, -0.15) is 0 Å². The highest BCUT2D eigenvalue weighted by molar-refractivity contribution is 5.85. The van der Waals surface area contributed by atoms with Crippen LogP contribution in [0.25, 0.3) is 0 Å². The molecule has 0 spiro atoms. The number of hydrogen-bond acceptors (Lipinski definition) is 4. The molecule has 1 fully saturated rings. The van der Waals surface area contributed by atoms with Gasteiger partial charge in [-0.25, -0.2) is 13.7 Å². The van der Waals surface area contributed by atoms with Crippen molar-refractivity contribution < 1.29 is 28.4 Å². The summed E-state index contributed by atoms with van der Waals surface area (Å²) in [5.41, 5.74) is 5.33. The molecule has 0 aromatic carbocycles. The number of rotatable bonds is 3. The standard InChI is InChI=1S/C6H12N2O.C2H4F2O2.FH/c1-4-5(3-7)6(9)8(4)2;3-2(4)1-6-5;/h4-5H,3,7H2,1-2H3;2,5H,1H2;1H. The summed E-state index contributed by atoms with van der Waals surface area (Å²) in [6.07, 6.45) is -2.57. The molecular formula is C8H17F3N2O3. The molecule has 0 saturated carbocycles. The van der Waals surface area contributed by atoms with E-state index in [0.29, 0.717) is 12.6 Å². The Morgan fingerprint density at radius 1 is 1.62 bits per heavy atom. The van der Waals surface area contributed by atoms with Crippen LogP contribution in [0.5, 0.6) is 0 Å². The normalized spacial score (nSPS) is 23.2. The van der Waals surface area contributed by atoms with E-state index in [4.69, 9.17) is 11.0 Å². The third-order valence-corrected chi connectivity index (χ3v) is 2.31. The molecule has 16 heavy (non-hydrogen) atoms. The summed E-state index contributed by atoms with van der Waals surface area (Å²) in [5.74, 6) is 0.278. The Labute approximate surface area is 91.5 Å².